The summed E-state index contributed by atoms with van der Waals surface area (Å²) >= 11 is 5.90. The predicted molar refractivity (Wildman–Crippen MR) is 82.7 cm³/mol. The zero-order chi connectivity index (χ0) is 15.3. The lowest BCUT2D eigenvalue weighted by Gasteiger charge is -2.33. The van der Waals surface area contributed by atoms with Crippen LogP contribution in [0.15, 0.2) is 24.3 Å². The van der Waals surface area contributed by atoms with Crippen molar-refractivity contribution < 1.29 is 14.3 Å². The Morgan fingerprint density at radius 1 is 1.48 bits per heavy atom. The summed E-state index contributed by atoms with van der Waals surface area (Å²) in [7, 11) is 0. The van der Waals surface area contributed by atoms with Crippen molar-refractivity contribution in [3.63, 3.8) is 0 Å². The van der Waals surface area contributed by atoms with E-state index in [1.54, 1.807) is 31.2 Å². The molecule has 1 aliphatic heterocycles. The van der Waals surface area contributed by atoms with Gasteiger partial charge in [0.25, 0.3) is 5.91 Å². The van der Waals surface area contributed by atoms with Gasteiger partial charge >= 0.3 is 0 Å². The average Bonchev–Trinajstić information content (AvgIpc) is 2.45. The minimum absolute atomic E-state index is 0.109. The van der Waals surface area contributed by atoms with E-state index in [4.69, 9.17) is 21.1 Å². The van der Waals surface area contributed by atoms with Crippen LogP contribution in [-0.2, 0) is 9.53 Å². The molecule has 0 radical (unpaired) electrons. The first-order chi connectivity index (χ1) is 9.98. The summed E-state index contributed by atoms with van der Waals surface area (Å²) in [5.41, 5.74) is 0.115. The second kappa shape index (κ2) is 7.14. The maximum absolute atomic E-state index is 12.1. The molecule has 1 atom stereocenters. The third-order valence-corrected chi connectivity index (χ3v) is 4.10. The molecule has 0 saturated carbocycles. The highest BCUT2D eigenvalue weighted by atomic mass is 35.5. The molecule has 1 aromatic carbocycles. The van der Waals surface area contributed by atoms with Crippen LogP contribution in [0.25, 0.3) is 0 Å². The van der Waals surface area contributed by atoms with Crippen molar-refractivity contribution in [2.75, 3.05) is 19.8 Å². The zero-order valence-corrected chi connectivity index (χ0v) is 13.3. The van der Waals surface area contributed by atoms with Crippen LogP contribution in [0.4, 0.5) is 0 Å². The largest absolute Gasteiger partial charge is 0.481 e. The van der Waals surface area contributed by atoms with E-state index in [9.17, 15) is 4.79 Å². The first-order valence-electron chi connectivity index (χ1n) is 7.26. The van der Waals surface area contributed by atoms with Crippen molar-refractivity contribution in [3.8, 4) is 5.75 Å². The third kappa shape index (κ3) is 4.90. The SMILES string of the molecule is CC(Oc1cccc(Cl)c1)C(=O)NCC1(C)CCOCC1. The van der Waals surface area contributed by atoms with E-state index in [2.05, 4.69) is 12.2 Å². The van der Waals surface area contributed by atoms with E-state index in [0.717, 1.165) is 26.1 Å². The molecule has 116 valence electrons. The minimum Gasteiger partial charge on any atom is -0.481 e. The standard InChI is InChI=1S/C16H22ClNO3/c1-12(21-14-5-3-4-13(17)10-14)15(19)18-11-16(2)6-8-20-9-7-16/h3-5,10,12H,6-9,11H2,1-2H3,(H,18,19). The number of hydrogen-bond acceptors (Lipinski definition) is 3. The van der Waals surface area contributed by atoms with E-state index >= 15 is 0 Å². The Bertz CT molecular complexity index is 486. The highest BCUT2D eigenvalue weighted by Crippen LogP contribution is 2.28. The Balaban J connectivity index is 1.82. The van der Waals surface area contributed by atoms with Crippen molar-refractivity contribution in [1.82, 2.24) is 5.32 Å². The van der Waals surface area contributed by atoms with Crippen LogP contribution in [0.3, 0.4) is 0 Å². The van der Waals surface area contributed by atoms with Crippen LogP contribution in [0.1, 0.15) is 26.7 Å². The maximum atomic E-state index is 12.1. The number of rotatable bonds is 5. The Kier molecular flexibility index (Phi) is 5.48. The molecule has 0 bridgehead atoms. The molecule has 21 heavy (non-hydrogen) atoms. The number of benzene rings is 1. The van der Waals surface area contributed by atoms with Gasteiger partial charge in [0.15, 0.2) is 6.10 Å². The predicted octanol–water partition coefficient (Wildman–Crippen LogP) is 3.04. The summed E-state index contributed by atoms with van der Waals surface area (Å²) in [5, 5.41) is 3.57. The number of carbonyl (C=O) groups excluding carboxylic acids is 1. The third-order valence-electron chi connectivity index (χ3n) is 3.87. The van der Waals surface area contributed by atoms with Gasteiger partial charge in [-0.3, -0.25) is 4.79 Å². The molecule has 1 aliphatic rings. The van der Waals surface area contributed by atoms with E-state index in [0.29, 0.717) is 17.3 Å². The molecular weight excluding hydrogens is 290 g/mol. The summed E-state index contributed by atoms with van der Waals surface area (Å²) in [4.78, 5) is 12.1. The molecule has 0 aromatic heterocycles. The number of nitrogens with one attached hydrogen (secondary N) is 1. The quantitative estimate of drug-likeness (QED) is 0.909. The van der Waals surface area contributed by atoms with Crippen molar-refractivity contribution >= 4 is 17.5 Å². The van der Waals surface area contributed by atoms with Crippen LogP contribution < -0.4 is 10.1 Å². The van der Waals surface area contributed by atoms with Crippen molar-refractivity contribution in [3.05, 3.63) is 29.3 Å². The van der Waals surface area contributed by atoms with Crippen LogP contribution in [0.2, 0.25) is 5.02 Å². The smallest absolute Gasteiger partial charge is 0.260 e. The van der Waals surface area contributed by atoms with Crippen LogP contribution in [-0.4, -0.2) is 31.8 Å². The van der Waals surface area contributed by atoms with Gasteiger partial charge in [-0.1, -0.05) is 24.6 Å². The van der Waals surface area contributed by atoms with Crippen molar-refractivity contribution in [2.24, 2.45) is 5.41 Å². The van der Waals surface area contributed by atoms with Crippen LogP contribution >= 0.6 is 11.6 Å². The molecule has 1 aromatic rings. The molecule has 5 heteroatoms. The molecule has 1 heterocycles. The molecule has 1 N–H and O–H groups in total. The Hall–Kier alpha value is -1.26. The second-order valence-electron chi connectivity index (χ2n) is 5.86. The van der Waals surface area contributed by atoms with Crippen molar-refractivity contribution in [1.29, 1.82) is 0 Å². The van der Waals surface area contributed by atoms with Gasteiger partial charge in [0, 0.05) is 24.8 Å². The lowest BCUT2D eigenvalue weighted by atomic mass is 9.82. The number of hydrogen-bond donors (Lipinski definition) is 1. The lowest BCUT2D eigenvalue weighted by Crippen LogP contribution is -2.43. The highest BCUT2D eigenvalue weighted by Gasteiger charge is 2.28. The highest BCUT2D eigenvalue weighted by molar-refractivity contribution is 6.30. The Morgan fingerprint density at radius 2 is 2.19 bits per heavy atom. The fourth-order valence-corrected chi connectivity index (χ4v) is 2.46. The minimum atomic E-state index is -0.549. The number of amides is 1. The topological polar surface area (TPSA) is 47.6 Å². The van der Waals surface area contributed by atoms with Gasteiger partial charge in [-0.2, -0.15) is 0 Å². The fraction of sp³-hybridized carbons (Fsp3) is 0.562. The Morgan fingerprint density at radius 3 is 2.86 bits per heavy atom. The average molecular weight is 312 g/mol. The van der Waals surface area contributed by atoms with Gasteiger partial charge in [0.05, 0.1) is 0 Å². The van der Waals surface area contributed by atoms with Crippen LogP contribution in [0.5, 0.6) is 5.75 Å². The Labute approximate surface area is 130 Å². The number of ether oxygens (including phenoxy) is 2. The van der Waals surface area contributed by atoms with E-state index in [1.165, 1.54) is 0 Å². The molecule has 1 unspecified atom stereocenters. The van der Waals surface area contributed by atoms with Gasteiger partial charge < -0.3 is 14.8 Å². The summed E-state index contributed by atoms with van der Waals surface area (Å²) in [6.07, 6.45) is 1.39. The molecule has 1 fully saturated rings. The van der Waals surface area contributed by atoms with Crippen molar-refractivity contribution in [2.45, 2.75) is 32.8 Å². The summed E-state index contributed by atoms with van der Waals surface area (Å²) < 4.78 is 11.0. The van der Waals surface area contributed by atoms with Crippen LogP contribution in [0, 0.1) is 5.41 Å². The fourth-order valence-electron chi connectivity index (χ4n) is 2.28. The van der Waals surface area contributed by atoms with E-state index < -0.39 is 6.10 Å². The maximum Gasteiger partial charge on any atom is 0.260 e. The second-order valence-corrected chi connectivity index (χ2v) is 6.29. The molecule has 1 amide bonds. The molecule has 4 nitrogen and oxygen atoms in total. The van der Waals surface area contributed by atoms with E-state index in [-0.39, 0.29) is 11.3 Å². The molecule has 2 rings (SSSR count). The number of halogens is 1. The van der Waals surface area contributed by atoms with Gasteiger partial charge in [-0.05, 0) is 43.4 Å². The van der Waals surface area contributed by atoms with E-state index in [1.807, 2.05) is 0 Å². The molecule has 1 saturated heterocycles. The monoisotopic (exact) mass is 311 g/mol. The van der Waals surface area contributed by atoms with Gasteiger partial charge in [0.2, 0.25) is 0 Å². The molecule has 0 spiro atoms. The molecule has 0 aliphatic carbocycles. The zero-order valence-electron chi connectivity index (χ0n) is 12.5. The first-order valence-corrected chi connectivity index (χ1v) is 7.64. The molecular formula is C16H22ClNO3. The normalized spacial score (nSPS) is 18.8. The van der Waals surface area contributed by atoms with Gasteiger partial charge in [0.1, 0.15) is 5.75 Å². The summed E-state index contributed by atoms with van der Waals surface area (Å²) in [6.45, 7) is 6.10. The van der Waals surface area contributed by atoms with Gasteiger partial charge in [-0.15, -0.1) is 0 Å². The summed E-state index contributed by atoms with van der Waals surface area (Å²) in [6, 6.07) is 7.05. The van der Waals surface area contributed by atoms with Gasteiger partial charge in [-0.25, -0.2) is 0 Å². The number of carbonyl (C=O) groups is 1. The summed E-state index contributed by atoms with van der Waals surface area (Å²) in [5.74, 6) is 0.491. The first kappa shape index (κ1) is 16.1. The lowest BCUT2D eigenvalue weighted by molar-refractivity contribution is -0.128.